The summed E-state index contributed by atoms with van der Waals surface area (Å²) in [5, 5.41) is 9.87. The quantitative estimate of drug-likeness (QED) is 0.298. The predicted octanol–water partition coefficient (Wildman–Crippen LogP) is 4.27. The molecule has 0 aliphatic rings. The predicted molar refractivity (Wildman–Crippen MR) is 113 cm³/mol. The topological polar surface area (TPSA) is 94.5 Å². The zero-order valence-corrected chi connectivity index (χ0v) is 19.0. The van der Waals surface area contributed by atoms with E-state index in [1.54, 1.807) is 0 Å². The number of halogens is 6. The second-order valence-corrected chi connectivity index (χ2v) is 10.3. The maximum Gasteiger partial charge on any atom is 0.424 e. The molecule has 188 valence electrons. The van der Waals surface area contributed by atoms with Gasteiger partial charge in [-0.3, -0.25) is 4.55 Å². The van der Waals surface area contributed by atoms with Crippen molar-refractivity contribution in [2.24, 2.45) is 0 Å². The van der Waals surface area contributed by atoms with Crippen LogP contribution in [0.15, 0.2) is 106 Å². The molecule has 0 atom stereocenters. The average Bonchev–Trinajstić information content (AvgIpc) is 2.73. The summed E-state index contributed by atoms with van der Waals surface area (Å²) in [6.45, 7) is 0. The zero-order chi connectivity index (χ0) is 26.5. The molecule has 3 aromatic rings. The molecular formula is C22H16F6O5S2. The van der Waals surface area contributed by atoms with Crippen LogP contribution in [0, 0.1) is 0 Å². The minimum atomic E-state index is -7.05. The Labute approximate surface area is 199 Å². The van der Waals surface area contributed by atoms with Crippen molar-refractivity contribution in [1.29, 1.82) is 0 Å². The van der Waals surface area contributed by atoms with Gasteiger partial charge < -0.3 is 9.90 Å². The normalized spacial score (nSPS) is 12.6. The third kappa shape index (κ3) is 5.97. The Morgan fingerprint density at radius 2 is 0.914 bits per heavy atom. The summed E-state index contributed by atoms with van der Waals surface area (Å²) in [6, 6.07) is 32.2. The molecule has 1 N–H and O–H groups in total. The molecule has 0 fully saturated rings. The summed E-state index contributed by atoms with van der Waals surface area (Å²) in [5.74, 6) is -4.03. The standard InChI is InChI=1S/C18H15S.C4H2F6O5S/c1-4-10-16(11-5-1)19(17-12-6-2-7-13-17)18-14-8-3-9-15-18;5-3(6,7)2(1(11)12,4(8,9)10)16(13,14)15/h1-15H;(H,11,12)(H,13,14,15)/q+1;/p-1. The van der Waals surface area contributed by atoms with Crippen molar-refractivity contribution in [2.45, 2.75) is 31.8 Å². The Balaban J connectivity index is 0.000000252. The van der Waals surface area contributed by atoms with Gasteiger partial charge in [0.15, 0.2) is 14.7 Å². The van der Waals surface area contributed by atoms with Crippen LogP contribution >= 0.6 is 0 Å². The van der Waals surface area contributed by atoms with Crippen molar-refractivity contribution in [2.75, 3.05) is 0 Å². The molecule has 13 heteroatoms. The van der Waals surface area contributed by atoms with Gasteiger partial charge >= 0.3 is 17.1 Å². The van der Waals surface area contributed by atoms with Crippen LogP contribution in [0.3, 0.4) is 0 Å². The number of carbonyl (C=O) groups excluding carboxylic acids is 1. The number of benzene rings is 3. The first-order valence-electron chi connectivity index (χ1n) is 9.36. The molecule has 0 saturated carbocycles. The second kappa shape index (κ2) is 10.7. The molecule has 0 spiro atoms. The fourth-order valence-electron chi connectivity index (χ4n) is 2.87. The molecule has 0 heterocycles. The summed E-state index contributed by atoms with van der Waals surface area (Å²) >= 11 is 0. The molecule has 5 nitrogen and oxygen atoms in total. The highest BCUT2D eigenvalue weighted by atomic mass is 32.2. The molecule has 0 saturated heterocycles. The molecule has 0 aliphatic heterocycles. The van der Waals surface area contributed by atoms with Gasteiger partial charge in [-0.25, -0.2) is 0 Å². The summed E-state index contributed by atoms with van der Waals surface area (Å²) in [7, 11) is -7.07. The molecule has 0 unspecified atom stereocenters. The van der Waals surface area contributed by atoms with Crippen molar-refractivity contribution in [3.63, 3.8) is 0 Å². The molecule has 0 bridgehead atoms. The number of carbonyl (C=O) groups is 1. The SMILES string of the molecule is O=C([O-])C(C(F)(F)F)(C(F)(F)F)S(=O)(=O)O.c1ccc([S+](c2ccccc2)c2ccccc2)cc1. The van der Waals surface area contributed by atoms with Gasteiger partial charge in [-0.2, -0.15) is 34.8 Å². The van der Waals surface area contributed by atoms with Crippen molar-refractivity contribution in [3.8, 4) is 0 Å². The van der Waals surface area contributed by atoms with Gasteiger partial charge in [0, 0.05) is 0 Å². The smallest absolute Gasteiger partial charge is 0.424 e. The number of alkyl halides is 6. The van der Waals surface area contributed by atoms with E-state index in [9.17, 15) is 44.7 Å². The van der Waals surface area contributed by atoms with E-state index >= 15 is 0 Å². The lowest BCUT2D eigenvalue weighted by atomic mass is 10.1. The van der Waals surface area contributed by atoms with Crippen molar-refractivity contribution < 1.29 is 49.2 Å². The third-order valence-corrected chi connectivity index (χ3v) is 8.04. The lowest BCUT2D eigenvalue weighted by Gasteiger charge is -2.34. The van der Waals surface area contributed by atoms with Gasteiger partial charge in [-0.15, -0.1) is 0 Å². The lowest BCUT2D eigenvalue weighted by Crippen LogP contribution is -2.70. The van der Waals surface area contributed by atoms with Crippen LogP contribution in [0.5, 0.6) is 0 Å². The monoisotopic (exact) mass is 538 g/mol. The Kier molecular flexibility index (Phi) is 8.63. The van der Waals surface area contributed by atoms with Crippen LogP contribution in [0.25, 0.3) is 0 Å². The maximum absolute atomic E-state index is 11.9. The van der Waals surface area contributed by atoms with E-state index in [1.807, 2.05) is 0 Å². The molecule has 3 aromatic carbocycles. The van der Waals surface area contributed by atoms with E-state index in [2.05, 4.69) is 91.0 Å². The van der Waals surface area contributed by atoms with Crippen LogP contribution in [-0.2, 0) is 25.8 Å². The highest BCUT2D eigenvalue weighted by Crippen LogP contribution is 2.47. The van der Waals surface area contributed by atoms with Gasteiger partial charge in [0.1, 0.15) is 0 Å². The van der Waals surface area contributed by atoms with Crippen molar-refractivity contribution in [3.05, 3.63) is 91.0 Å². The molecule has 35 heavy (non-hydrogen) atoms. The van der Waals surface area contributed by atoms with Crippen LogP contribution in [0.4, 0.5) is 26.3 Å². The van der Waals surface area contributed by atoms with E-state index in [0.29, 0.717) is 0 Å². The van der Waals surface area contributed by atoms with Crippen LogP contribution < -0.4 is 5.11 Å². The van der Waals surface area contributed by atoms with E-state index < -0.39 is 33.2 Å². The number of hydrogen-bond acceptors (Lipinski definition) is 4. The Hall–Kier alpha value is -3.03. The lowest BCUT2D eigenvalue weighted by molar-refractivity contribution is -0.346. The van der Waals surface area contributed by atoms with E-state index in [-0.39, 0.29) is 10.9 Å². The minimum Gasteiger partial charge on any atom is -0.548 e. The summed E-state index contributed by atoms with van der Waals surface area (Å²) in [5.41, 5.74) is 0. The van der Waals surface area contributed by atoms with Crippen LogP contribution in [0.1, 0.15) is 0 Å². The molecule has 0 radical (unpaired) electrons. The van der Waals surface area contributed by atoms with Gasteiger partial charge in [0.2, 0.25) is 0 Å². The number of rotatable bonds is 5. The van der Waals surface area contributed by atoms with E-state index in [1.165, 1.54) is 14.7 Å². The highest BCUT2D eigenvalue weighted by Gasteiger charge is 2.80. The number of aliphatic carboxylic acids is 1. The van der Waals surface area contributed by atoms with E-state index in [4.69, 9.17) is 4.55 Å². The first kappa shape index (κ1) is 28.2. The number of carboxylic acid groups (broad SMARTS) is 1. The highest BCUT2D eigenvalue weighted by molar-refractivity contribution is 7.97. The fraction of sp³-hybridized carbons (Fsp3) is 0.136. The van der Waals surface area contributed by atoms with Gasteiger partial charge in [0.25, 0.3) is 10.1 Å². The van der Waals surface area contributed by atoms with Crippen molar-refractivity contribution in [1.82, 2.24) is 0 Å². The largest absolute Gasteiger partial charge is 0.548 e. The van der Waals surface area contributed by atoms with Gasteiger partial charge in [0.05, 0.1) is 16.9 Å². The molecular weight excluding hydrogens is 522 g/mol. The Morgan fingerprint density at radius 1 is 0.657 bits per heavy atom. The molecule has 3 rings (SSSR count). The summed E-state index contributed by atoms with van der Waals surface area (Å²) in [6.07, 6.45) is -13.6. The first-order chi connectivity index (χ1) is 16.1. The Morgan fingerprint density at radius 3 is 1.06 bits per heavy atom. The maximum atomic E-state index is 11.9. The first-order valence-corrected chi connectivity index (χ1v) is 12.0. The van der Waals surface area contributed by atoms with Crippen molar-refractivity contribution >= 4 is 27.0 Å². The van der Waals surface area contributed by atoms with Gasteiger partial charge in [-0.05, 0) is 36.4 Å². The Bertz CT molecular complexity index is 1110. The molecule has 0 aliphatic carbocycles. The fourth-order valence-corrected chi connectivity index (χ4v) is 5.77. The number of carboxylic acids is 1. The summed E-state index contributed by atoms with van der Waals surface area (Å²) < 4.78 is 93.3. The van der Waals surface area contributed by atoms with Crippen LogP contribution in [0.2, 0.25) is 0 Å². The van der Waals surface area contributed by atoms with Gasteiger partial charge in [-0.1, -0.05) is 54.6 Å². The minimum absolute atomic E-state index is 0.0146. The zero-order valence-electron chi connectivity index (χ0n) is 17.3. The van der Waals surface area contributed by atoms with E-state index in [0.717, 1.165) is 0 Å². The van der Waals surface area contributed by atoms with Crippen LogP contribution in [-0.4, -0.2) is 36.0 Å². The second-order valence-electron chi connectivity index (χ2n) is 6.68. The summed E-state index contributed by atoms with van der Waals surface area (Å²) in [4.78, 5) is 14.0. The number of hydrogen-bond donors (Lipinski definition) is 1. The molecule has 0 aromatic heterocycles. The molecule has 0 amide bonds. The third-order valence-electron chi connectivity index (χ3n) is 4.41. The average molecular weight is 538 g/mol.